The first-order valence-corrected chi connectivity index (χ1v) is 10.3. The van der Waals surface area contributed by atoms with E-state index in [4.69, 9.17) is 11.6 Å². The van der Waals surface area contributed by atoms with Gasteiger partial charge in [0.1, 0.15) is 5.82 Å². The van der Waals surface area contributed by atoms with Crippen LogP contribution in [-0.4, -0.2) is 53.4 Å². The molecule has 4 rings (SSSR count). The Morgan fingerprint density at radius 1 is 1.14 bits per heavy atom. The second kappa shape index (κ2) is 8.53. The summed E-state index contributed by atoms with van der Waals surface area (Å²) in [5.41, 5.74) is 1.89. The lowest BCUT2D eigenvalue weighted by Crippen LogP contribution is -2.48. The predicted molar refractivity (Wildman–Crippen MR) is 111 cm³/mol. The quantitative estimate of drug-likeness (QED) is 0.683. The number of nitrogens with zero attached hydrogens (tertiary/aromatic N) is 3. The van der Waals surface area contributed by atoms with E-state index in [1.165, 1.54) is 17.4 Å². The molecular formula is C20H20ClFN4OS. The summed E-state index contributed by atoms with van der Waals surface area (Å²) in [5, 5.41) is 3.70. The number of piperazine rings is 1. The first-order chi connectivity index (χ1) is 13.6. The molecule has 1 aliphatic heterocycles. The van der Waals surface area contributed by atoms with Crippen LogP contribution in [0.1, 0.15) is 5.56 Å². The zero-order chi connectivity index (χ0) is 19.5. The maximum atomic E-state index is 13.3. The number of fused-ring (bicyclic) bond motifs is 1. The van der Waals surface area contributed by atoms with Crippen molar-refractivity contribution in [3.63, 3.8) is 0 Å². The lowest BCUT2D eigenvalue weighted by atomic mass is 10.2. The molecule has 8 heteroatoms. The third-order valence-electron chi connectivity index (χ3n) is 4.76. The Bertz CT molecular complexity index is 954. The zero-order valence-electron chi connectivity index (χ0n) is 15.2. The fourth-order valence-electron chi connectivity index (χ4n) is 3.29. The van der Waals surface area contributed by atoms with E-state index >= 15 is 0 Å². The Labute approximate surface area is 171 Å². The monoisotopic (exact) mass is 418 g/mol. The van der Waals surface area contributed by atoms with Gasteiger partial charge in [-0.1, -0.05) is 41.1 Å². The first kappa shape index (κ1) is 19.3. The molecule has 0 radical (unpaired) electrons. The highest BCUT2D eigenvalue weighted by Crippen LogP contribution is 2.25. The zero-order valence-corrected chi connectivity index (χ0v) is 16.8. The fourth-order valence-corrected chi connectivity index (χ4v) is 4.37. The molecule has 1 fully saturated rings. The lowest BCUT2D eigenvalue weighted by molar-refractivity contribution is -0.117. The van der Waals surface area contributed by atoms with E-state index in [1.807, 2.05) is 24.3 Å². The molecule has 0 bridgehead atoms. The van der Waals surface area contributed by atoms with E-state index in [2.05, 4.69) is 20.1 Å². The smallest absolute Gasteiger partial charge is 0.240 e. The number of amides is 1. The molecular weight excluding hydrogens is 399 g/mol. The van der Waals surface area contributed by atoms with Gasteiger partial charge in [0.25, 0.3) is 0 Å². The highest BCUT2D eigenvalue weighted by atomic mass is 35.5. The van der Waals surface area contributed by atoms with E-state index < -0.39 is 5.82 Å². The SMILES string of the molecule is O=C(CN1CCN(Cc2ccc(F)c(Cl)c2)CC1)Nc1nc2ccccc2s1. The van der Waals surface area contributed by atoms with Crippen molar-refractivity contribution < 1.29 is 9.18 Å². The van der Waals surface area contributed by atoms with Crippen LogP contribution in [0.4, 0.5) is 9.52 Å². The number of nitrogens with one attached hydrogen (secondary N) is 1. The van der Waals surface area contributed by atoms with Crippen molar-refractivity contribution in [3.05, 3.63) is 58.9 Å². The average molecular weight is 419 g/mol. The molecule has 28 heavy (non-hydrogen) atoms. The standard InChI is InChI=1S/C20H20ClFN4OS/c21-15-11-14(5-6-16(15)22)12-25-7-9-26(10-8-25)13-19(27)24-20-23-17-3-1-2-4-18(17)28-20/h1-6,11H,7-10,12-13H2,(H,23,24,27). The highest BCUT2D eigenvalue weighted by Gasteiger charge is 2.20. The maximum Gasteiger partial charge on any atom is 0.240 e. The van der Waals surface area contributed by atoms with Crippen molar-refractivity contribution in [1.29, 1.82) is 0 Å². The minimum absolute atomic E-state index is 0.0437. The average Bonchev–Trinajstić information content (AvgIpc) is 3.08. The highest BCUT2D eigenvalue weighted by molar-refractivity contribution is 7.22. The molecule has 1 N–H and O–H groups in total. The normalized spacial score (nSPS) is 15.8. The Kier molecular flexibility index (Phi) is 5.87. The van der Waals surface area contributed by atoms with Gasteiger partial charge in [0.15, 0.2) is 5.13 Å². The number of carbonyl (C=O) groups excluding carboxylic acids is 1. The van der Waals surface area contributed by atoms with Crippen LogP contribution in [0, 0.1) is 5.82 Å². The number of halogens is 2. The summed E-state index contributed by atoms with van der Waals surface area (Å²) in [4.78, 5) is 21.2. The van der Waals surface area contributed by atoms with Gasteiger partial charge in [0, 0.05) is 32.7 Å². The van der Waals surface area contributed by atoms with Crippen LogP contribution in [0.25, 0.3) is 10.2 Å². The summed E-state index contributed by atoms with van der Waals surface area (Å²) < 4.78 is 14.3. The van der Waals surface area contributed by atoms with Crippen molar-refractivity contribution in [1.82, 2.24) is 14.8 Å². The van der Waals surface area contributed by atoms with Crippen LogP contribution in [-0.2, 0) is 11.3 Å². The number of thiazole rings is 1. The van der Waals surface area contributed by atoms with Crippen LogP contribution in [0.3, 0.4) is 0 Å². The van der Waals surface area contributed by atoms with Crippen LogP contribution in [0.2, 0.25) is 5.02 Å². The summed E-state index contributed by atoms with van der Waals surface area (Å²) in [6.45, 7) is 4.40. The predicted octanol–water partition coefficient (Wildman–Crippen LogP) is 3.85. The Balaban J connectivity index is 1.25. The van der Waals surface area contributed by atoms with Gasteiger partial charge in [-0.15, -0.1) is 0 Å². The van der Waals surface area contributed by atoms with E-state index in [9.17, 15) is 9.18 Å². The van der Waals surface area contributed by atoms with Crippen molar-refractivity contribution in [2.24, 2.45) is 0 Å². The molecule has 0 aliphatic carbocycles. The molecule has 1 saturated heterocycles. The van der Waals surface area contributed by atoms with Gasteiger partial charge in [-0.25, -0.2) is 9.37 Å². The summed E-state index contributed by atoms with van der Waals surface area (Å²) in [7, 11) is 0. The lowest BCUT2D eigenvalue weighted by Gasteiger charge is -2.34. The largest absolute Gasteiger partial charge is 0.301 e. The molecule has 1 aromatic heterocycles. The van der Waals surface area contributed by atoms with E-state index in [-0.39, 0.29) is 10.9 Å². The minimum atomic E-state index is -0.394. The van der Waals surface area contributed by atoms with Gasteiger partial charge in [-0.2, -0.15) is 0 Å². The Morgan fingerprint density at radius 3 is 2.64 bits per heavy atom. The van der Waals surface area contributed by atoms with Crippen molar-refractivity contribution >= 4 is 44.2 Å². The van der Waals surface area contributed by atoms with Gasteiger partial charge < -0.3 is 5.32 Å². The van der Waals surface area contributed by atoms with Crippen molar-refractivity contribution in [2.75, 3.05) is 38.0 Å². The summed E-state index contributed by atoms with van der Waals surface area (Å²) in [6, 6.07) is 12.7. The third-order valence-corrected chi connectivity index (χ3v) is 6.00. The number of benzene rings is 2. The van der Waals surface area contributed by atoms with E-state index in [1.54, 1.807) is 12.1 Å². The molecule has 0 spiro atoms. The van der Waals surface area contributed by atoms with E-state index in [0.29, 0.717) is 11.7 Å². The number of aromatic nitrogens is 1. The number of para-hydroxylation sites is 1. The Morgan fingerprint density at radius 2 is 1.89 bits per heavy atom. The van der Waals surface area contributed by atoms with Crippen LogP contribution in [0.15, 0.2) is 42.5 Å². The minimum Gasteiger partial charge on any atom is -0.301 e. The fraction of sp³-hybridized carbons (Fsp3) is 0.300. The Hall–Kier alpha value is -2.06. The topological polar surface area (TPSA) is 48.5 Å². The number of hydrogen-bond donors (Lipinski definition) is 1. The van der Waals surface area contributed by atoms with Gasteiger partial charge >= 0.3 is 0 Å². The van der Waals surface area contributed by atoms with Crippen LogP contribution in [0.5, 0.6) is 0 Å². The molecule has 0 saturated carbocycles. The summed E-state index contributed by atoms with van der Waals surface area (Å²) in [6.07, 6.45) is 0. The number of hydrogen-bond acceptors (Lipinski definition) is 5. The molecule has 0 atom stereocenters. The molecule has 146 valence electrons. The van der Waals surface area contributed by atoms with Crippen molar-refractivity contribution in [2.45, 2.75) is 6.54 Å². The van der Waals surface area contributed by atoms with Gasteiger partial charge in [0.05, 0.1) is 21.8 Å². The van der Waals surface area contributed by atoms with Gasteiger partial charge in [-0.3, -0.25) is 14.6 Å². The maximum absolute atomic E-state index is 13.3. The second-order valence-corrected chi connectivity index (χ2v) is 8.27. The summed E-state index contributed by atoms with van der Waals surface area (Å²) in [5.74, 6) is -0.438. The van der Waals surface area contributed by atoms with Crippen molar-refractivity contribution in [3.8, 4) is 0 Å². The second-order valence-electron chi connectivity index (χ2n) is 6.84. The third kappa shape index (κ3) is 4.67. The summed E-state index contributed by atoms with van der Waals surface area (Å²) >= 11 is 7.34. The van der Waals surface area contributed by atoms with E-state index in [0.717, 1.165) is 48.5 Å². The van der Waals surface area contributed by atoms with Gasteiger partial charge in [0.2, 0.25) is 5.91 Å². The molecule has 3 aromatic rings. The number of carbonyl (C=O) groups is 1. The molecule has 2 heterocycles. The first-order valence-electron chi connectivity index (χ1n) is 9.11. The molecule has 5 nitrogen and oxygen atoms in total. The van der Waals surface area contributed by atoms with Crippen LogP contribution < -0.4 is 5.32 Å². The molecule has 2 aromatic carbocycles. The molecule has 1 aliphatic rings. The van der Waals surface area contributed by atoms with Crippen LogP contribution >= 0.6 is 22.9 Å². The number of rotatable bonds is 5. The number of anilines is 1. The molecule has 0 unspecified atom stereocenters. The molecule has 1 amide bonds. The van der Waals surface area contributed by atoms with Gasteiger partial charge in [-0.05, 0) is 29.8 Å².